The number of methoxy groups -OCH3 is 1. The fraction of sp³-hybridized carbons (Fsp3) is 0.353. The Balaban J connectivity index is 1.76. The molecule has 21 heavy (non-hydrogen) atoms. The Kier molecular flexibility index (Phi) is 3.69. The number of para-hydroxylation sites is 1. The van der Waals surface area contributed by atoms with Gasteiger partial charge in [-0.05, 0) is 42.5 Å². The van der Waals surface area contributed by atoms with Crippen molar-refractivity contribution in [1.29, 1.82) is 0 Å². The van der Waals surface area contributed by atoms with Gasteiger partial charge in [0.1, 0.15) is 5.82 Å². The van der Waals surface area contributed by atoms with Gasteiger partial charge in [-0.1, -0.05) is 18.2 Å². The first-order valence-corrected chi connectivity index (χ1v) is 7.17. The number of nitrogens with zero attached hydrogens (tertiary/aromatic N) is 1. The fourth-order valence-electron chi connectivity index (χ4n) is 2.84. The zero-order valence-corrected chi connectivity index (χ0v) is 12.4. The quantitative estimate of drug-likeness (QED) is 0.941. The van der Waals surface area contributed by atoms with E-state index in [4.69, 9.17) is 15.2 Å². The molecule has 2 N–H and O–H groups in total. The number of anilines is 1. The monoisotopic (exact) mass is 284 g/mol. The molecule has 1 atom stereocenters. The maximum absolute atomic E-state index is 5.91. The highest BCUT2D eigenvalue weighted by atomic mass is 16.5. The van der Waals surface area contributed by atoms with E-state index >= 15 is 0 Å². The normalized spacial score (nSPS) is 17.0. The van der Waals surface area contributed by atoms with Crippen molar-refractivity contribution >= 4 is 5.82 Å². The molecule has 2 heterocycles. The molecule has 1 aromatic heterocycles. The van der Waals surface area contributed by atoms with Crippen LogP contribution in [0.1, 0.15) is 16.7 Å². The van der Waals surface area contributed by atoms with Crippen molar-refractivity contribution in [3.8, 4) is 11.5 Å². The van der Waals surface area contributed by atoms with Gasteiger partial charge in [0.05, 0.1) is 13.7 Å². The molecule has 0 spiro atoms. The molecule has 0 bridgehead atoms. The molecule has 4 heteroatoms. The topological polar surface area (TPSA) is 57.4 Å². The number of rotatable bonds is 3. The van der Waals surface area contributed by atoms with Crippen LogP contribution in [0.15, 0.2) is 30.5 Å². The van der Waals surface area contributed by atoms with Crippen LogP contribution in [0.3, 0.4) is 0 Å². The van der Waals surface area contributed by atoms with Crippen LogP contribution < -0.4 is 15.2 Å². The molecule has 0 saturated heterocycles. The Labute approximate surface area is 124 Å². The molecular weight excluding hydrogens is 264 g/mol. The summed E-state index contributed by atoms with van der Waals surface area (Å²) in [6.45, 7) is 2.69. The fourth-order valence-corrected chi connectivity index (χ4v) is 2.84. The largest absolute Gasteiger partial charge is 0.493 e. The number of nitrogens with two attached hydrogens (primary N) is 1. The van der Waals surface area contributed by atoms with E-state index in [-0.39, 0.29) is 0 Å². The molecule has 0 saturated carbocycles. The second kappa shape index (κ2) is 5.64. The van der Waals surface area contributed by atoms with Crippen LogP contribution in [0.4, 0.5) is 5.82 Å². The zero-order valence-electron chi connectivity index (χ0n) is 12.4. The van der Waals surface area contributed by atoms with Crippen molar-refractivity contribution < 1.29 is 9.47 Å². The van der Waals surface area contributed by atoms with E-state index in [1.807, 2.05) is 25.3 Å². The number of aryl methyl sites for hydroxylation is 1. The predicted molar refractivity (Wildman–Crippen MR) is 82.8 cm³/mol. The van der Waals surface area contributed by atoms with E-state index in [1.165, 1.54) is 11.1 Å². The highest BCUT2D eigenvalue weighted by molar-refractivity contribution is 5.48. The average Bonchev–Trinajstić information content (AvgIpc) is 2.50. The van der Waals surface area contributed by atoms with Crippen LogP contribution in [0, 0.1) is 12.8 Å². The van der Waals surface area contributed by atoms with E-state index in [2.05, 4.69) is 17.1 Å². The SMILES string of the molecule is COc1cccc2c1OC[C@@H](Cc1cnc(N)c(C)c1)C2. The Morgan fingerprint density at radius 2 is 2.29 bits per heavy atom. The van der Waals surface area contributed by atoms with Crippen LogP contribution in [0.2, 0.25) is 0 Å². The summed E-state index contributed by atoms with van der Waals surface area (Å²) in [6, 6.07) is 8.17. The predicted octanol–water partition coefficient (Wildman–Crippen LogP) is 2.77. The number of hydrogen-bond acceptors (Lipinski definition) is 4. The Bertz CT molecular complexity index is 655. The molecule has 4 nitrogen and oxygen atoms in total. The van der Waals surface area contributed by atoms with Crippen molar-refractivity contribution in [2.24, 2.45) is 5.92 Å². The second-order valence-electron chi connectivity index (χ2n) is 5.58. The number of benzene rings is 1. The first-order chi connectivity index (χ1) is 10.2. The van der Waals surface area contributed by atoms with Gasteiger partial charge < -0.3 is 15.2 Å². The number of nitrogen functional groups attached to an aromatic ring is 1. The van der Waals surface area contributed by atoms with E-state index in [9.17, 15) is 0 Å². The summed E-state index contributed by atoms with van der Waals surface area (Å²) in [7, 11) is 1.67. The summed E-state index contributed by atoms with van der Waals surface area (Å²) in [5.41, 5.74) is 9.22. The summed E-state index contributed by atoms with van der Waals surface area (Å²) in [6.07, 6.45) is 3.81. The maximum atomic E-state index is 5.91. The first kappa shape index (κ1) is 13.7. The van der Waals surface area contributed by atoms with E-state index in [1.54, 1.807) is 7.11 Å². The summed E-state index contributed by atoms with van der Waals surface area (Å²) in [5, 5.41) is 0. The lowest BCUT2D eigenvalue weighted by Gasteiger charge is -2.26. The molecule has 0 radical (unpaired) electrons. The molecular formula is C17H20N2O2. The molecule has 1 aromatic carbocycles. The van der Waals surface area contributed by atoms with Gasteiger partial charge in [-0.15, -0.1) is 0 Å². The summed E-state index contributed by atoms with van der Waals surface area (Å²) < 4.78 is 11.3. The van der Waals surface area contributed by atoms with Crippen LogP contribution in [-0.4, -0.2) is 18.7 Å². The highest BCUT2D eigenvalue weighted by Gasteiger charge is 2.23. The summed E-state index contributed by atoms with van der Waals surface area (Å²) in [5.74, 6) is 2.77. The smallest absolute Gasteiger partial charge is 0.164 e. The van der Waals surface area contributed by atoms with E-state index in [0.29, 0.717) is 18.3 Å². The molecule has 1 aliphatic heterocycles. The van der Waals surface area contributed by atoms with Crippen molar-refractivity contribution in [1.82, 2.24) is 4.98 Å². The zero-order chi connectivity index (χ0) is 14.8. The molecule has 0 aliphatic carbocycles. The van der Waals surface area contributed by atoms with Crippen LogP contribution in [0.5, 0.6) is 11.5 Å². The second-order valence-corrected chi connectivity index (χ2v) is 5.58. The van der Waals surface area contributed by atoms with Gasteiger partial charge in [0.15, 0.2) is 11.5 Å². The number of aromatic nitrogens is 1. The molecule has 1 aliphatic rings. The first-order valence-electron chi connectivity index (χ1n) is 7.17. The van der Waals surface area contributed by atoms with E-state index < -0.39 is 0 Å². The summed E-state index contributed by atoms with van der Waals surface area (Å²) >= 11 is 0. The van der Waals surface area contributed by atoms with Crippen molar-refractivity contribution in [2.45, 2.75) is 19.8 Å². The van der Waals surface area contributed by atoms with Gasteiger partial charge >= 0.3 is 0 Å². The Hall–Kier alpha value is -2.23. The number of hydrogen-bond donors (Lipinski definition) is 1. The highest BCUT2D eigenvalue weighted by Crippen LogP contribution is 2.36. The molecule has 110 valence electrons. The van der Waals surface area contributed by atoms with Gasteiger partial charge in [-0.25, -0.2) is 4.98 Å². The maximum Gasteiger partial charge on any atom is 0.164 e. The average molecular weight is 284 g/mol. The number of pyridine rings is 1. The third kappa shape index (κ3) is 2.79. The minimum absolute atomic E-state index is 0.453. The summed E-state index contributed by atoms with van der Waals surface area (Å²) in [4.78, 5) is 4.23. The van der Waals surface area contributed by atoms with E-state index in [0.717, 1.165) is 29.9 Å². The van der Waals surface area contributed by atoms with Gasteiger partial charge in [-0.3, -0.25) is 0 Å². The van der Waals surface area contributed by atoms with Crippen LogP contribution >= 0.6 is 0 Å². The van der Waals surface area contributed by atoms with Gasteiger partial charge in [0.25, 0.3) is 0 Å². The molecule has 0 amide bonds. The molecule has 3 rings (SSSR count). The lowest BCUT2D eigenvalue weighted by atomic mass is 9.91. The van der Waals surface area contributed by atoms with Crippen LogP contribution in [-0.2, 0) is 12.8 Å². The van der Waals surface area contributed by atoms with Crippen molar-refractivity contribution in [3.05, 3.63) is 47.2 Å². The van der Waals surface area contributed by atoms with Crippen LogP contribution in [0.25, 0.3) is 0 Å². The van der Waals surface area contributed by atoms with Gasteiger partial charge in [0, 0.05) is 12.1 Å². The molecule has 2 aromatic rings. The third-order valence-corrected chi connectivity index (χ3v) is 3.95. The van der Waals surface area contributed by atoms with Gasteiger partial charge in [0.2, 0.25) is 0 Å². The Morgan fingerprint density at radius 3 is 3.05 bits per heavy atom. The molecule has 0 unspecified atom stereocenters. The third-order valence-electron chi connectivity index (χ3n) is 3.95. The standard InChI is InChI=1S/C17H20N2O2/c1-11-6-12(9-19-17(11)18)7-13-8-14-4-3-5-15(20-2)16(14)21-10-13/h3-6,9,13H,7-8,10H2,1-2H3,(H2,18,19)/t13-/m0/s1. The number of ether oxygens (including phenoxy) is 2. The number of fused-ring (bicyclic) bond motifs is 1. The minimum Gasteiger partial charge on any atom is -0.493 e. The van der Waals surface area contributed by atoms with Gasteiger partial charge in [-0.2, -0.15) is 0 Å². The Morgan fingerprint density at radius 1 is 1.43 bits per heavy atom. The van der Waals surface area contributed by atoms with Crippen molar-refractivity contribution in [2.75, 3.05) is 19.5 Å². The molecule has 0 fully saturated rings. The minimum atomic E-state index is 0.453. The lowest BCUT2D eigenvalue weighted by Crippen LogP contribution is -2.23. The lowest BCUT2D eigenvalue weighted by molar-refractivity contribution is 0.211. The van der Waals surface area contributed by atoms with Crippen molar-refractivity contribution in [3.63, 3.8) is 0 Å².